The Balaban J connectivity index is -0.000000411. The molecule has 0 nitrogen and oxygen atoms in total. The van der Waals surface area contributed by atoms with Crippen LogP contribution >= 0.6 is 0 Å². The van der Waals surface area contributed by atoms with Gasteiger partial charge in [0.15, 0.2) is 0 Å². The fourth-order valence-corrected chi connectivity index (χ4v) is 60.8. The molecule has 0 saturated heterocycles. The minimum Gasteiger partial charge on any atom is -0.311 e. The predicted molar refractivity (Wildman–Crippen MR) is 147 cm³/mol. The van der Waals surface area contributed by atoms with Gasteiger partial charge in [0.25, 0.3) is 0 Å². The van der Waals surface area contributed by atoms with Gasteiger partial charge in [0, 0.05) is 0 Å². The molecule has 0 aromatic heterocycles. The molecular formula is C20H54Si6Zn. The van der Waals surface area contributed by atoms with Crippen molar-refractivity contribution in [2.75, 3.05) is 0 Å². The van der Waals surface area contributed by atoms with E-state index in [2.05, 4.69) is 127 Å². The Morgan fingerprint density at radius 1 is 0.259 bits per heavy atom. The third kappa shape index (κ3) is 13.0. The van der Waals surface area contributed by atoms with Crippen LogP contribution in [0.1, 0.15) is 0 Å². The van der Waals surface area contributed by atoms with Gasteiger partial charge in [0.1, 0.15) is 0 Å². The van der Waals surface area contributed by atoms with Crippen molar-refractivity contribution in [2.45, 2.75) is 118 Å². The molecule has 0 aromatic rings. The van der Waals surface area contributed by atoms with Crippen LogP contribution in [0.15, 0.2) is 0 Å². The van der Waals surface area contributed by atoms with Crippen molar-refractivity contribution in [3.8, 4) is 0 Å². The Bertz CT molecular complexity index is 314. The van der Waals surface area contributed by atoms with E-state index in [9.17, 15) is 0 Å². The molecule has 27 heavy (non-hydrogen) atoms. The van der Waals surface area contributed by atoms with Crippen LogP contribution < -0.4 is 0 Å². The van der Waals surface area contributed by atoms with E-state index in [1.807, 2.05) is 0 Å². The first-order valence-electron chi connectivity index (χ1n) is 10.5. The Morgan fingerprint density at radius 3 is 0.333 bits per heavy atom. The normalized spacial score (nSPS) is 14.7. The Kier molecular flexibility index (Phi) is 13.0. The van der Waals surface area contributed by atoms with Gasteiger partial charge in [-0.15, -0.1) is 48.4 Å². The molecule has 0 heterocycles. The van der Waals surface area contributed by atoms with Crippen molar-refractivity contribution in [2.24, 2.45) is 0 Å². The zero-order valence-electron chi connectivity index (χ0n) is 22.7. The predicted octanol–water partition coefficient (Wildman–Crippen LogP) is 8.38. The molecule has 0 fully saturated rings. The fourth-order valence-electron chi connectivity index (χ4n) is 6.75. The summed E-state index contributed by atoms with van der Waals surface area (Å²) in [6.45, 7) is 45.5. The molecule has 0 atom stereocenters. The standard InChI is InChI=1S/2C10H27Si3.Zn/c2*1-11(2,3)10(12(4,5)6)13(7,8)9;/h2*1-9H3;/q2*-1;+2. The molecule has 0 amide bonds. The second-order valence-corrected chi connectivity index (χ2v) is 47.2. The molecular weight excluding hydrogens is 474 g/mol. The van der Waals surface area contributed by atoms with Gasteiger partial charge < -0.3 is 9.58 Å². The SMILES string of the molecule is C[Si](C)(C)[C-]([Si](C)(C)C)[Si](C)(C)C.C[Si](C)(C)[C-]([Si](C)(C)C)[Si](C)(C)C.[Zn+2]. The molecule has 0 unspecified atom stereocenters. The topological polar surface area (TPSA) is 0 Å². The van der Waals surface area contributed by atoms with Crippen molar-refractivity contribution in [1.82, 2.24) is 0 Å². The van der Waals surface area contributed by atoms with Crippen LogP contribution in [0.25, 0.3) is 0 Å². The summed E-state index contributed by atoms with van der Waals surface area (Å²) in [5, 5.41) is 0. The molecule has 0 spiro atoms. The second-order valence-electron chi connectivity index (χ2n) is 14.2. The summed E-state index contributed by atoms with van der Waals surface area (Å²) in [5.41, 5.74) is 0. The van der Waals surface area contributed by atoms with Crippen molar-refractivity contribution >= 4 is 48.4 Å². The van der Waals surface area contributed by atoms with Crippen molar-refractivity contribution in [1.29, 1.82) is 0 Å². The van der Waals surface area contributed by atoms with E-state index < -0.39 is 48.4 Å². The average molecular weight is 529 g/mol. The van der Waals surface area contributed by atoms with Gasteiger partial charge >= 0.3 is 19.5 Å². The minimum absolute atomic E-state index is 0. The molecule has 0 aliphatic heterocycles. The van der Waals surface area contributed by atoms with Crippen molar-refractivity contribution in [3.63, 3.8) is 0 Å². The summed E-state index contributed by atoms with van der Waals surface area (Å²) in [7, 11) is -6.10. The van der Waals surface area contributed by atoms with Crippen LogP contribution in [-0.4, -0.2) is 48.4 Å². The van der Waals surface area contributed by atoms with Crippen LogP contribution in [0.3, 0.4) is 0 Å². The number of rotatable bonds is 6. The molecule has 0 rings (SSSR count). The fraction of sp³-hybridized carbons (Fsp3) is 0.900. The molecule has 0 radical (unpaired) electrons. The van der Waals surface area contributed by atoms with Gasteiger partial charge in [-0.2, -0.15) is 0 Å². The molecule has 0 aliphatic rings. The first-order valence-corrected chi connectivity index (χ1v) is 31.5. The number of hydrogen-bond acceptors (Lipinski definition) is 0. The van der Waals surface area contributed by atoms with Gasteiger partial charge in [-0.05, 0) is 0 Å². The van der Waals surface area contributed by atoms with E-state index in [1.54, 1.807) is 0 Å². The summed E-state index contributed by atoms with van der Waals surface area (Å²) in [6.07, 6.45) is 0. The second kappa shape index (κ2) is 10.5. The maximum absolute atomic E-state index is 2.53. The van der Waals surface area contributed by atoms with Crippen molar-refractivity contribution in [3.05, 3.63) is 9.58 Å². The Hall–Kier alpha value is 1.92. The van der Waals surface area contributed by atoms with E-state index >= 15 is 0 Å². The van der Waals surface area contributed by atoms with Crippen LogP contribution in [0.5, 0.6) is 0 Å². The van der Waals surface area contributed by atoms with Gasteiger partial charge in [-0.3, -0.25) is 0 Å². The molecule has 0 aromatic carbocycles. The monoisotopic (exact) mass is 526 g/mol. The van der Waals surface area contributed by atoms with Crippen molar-refractivity contribution < 1.29 is 19.5 Å². The molecule has 7 heteroatoms. The van der Waals surface area contributed by atoms with Crippen LogP contribution in [0, 0.1) is 9.58 Å². The first kappa shape index (κ1) is 33.6. The summed E-state index contributed by atoms with van der Waals surface area (Å²) in [5.74, 6) is 0. The summed E-state index contributed by atoms with van der Waals surface area (Å²) in [4.78, 5) is 4.12. The zero-order valence-corrected chi connectivity index (χ0v) is 31.7. The largest absolute Gasteiger partial charge is 2.00 e. The van der Waals surface area contributed by atoms with E-state index in [-0.39, 0.29) is 19.5 Å². The Morgan fingerprint density at radius 2 is 0.333 bits per heavy atom. The van der Waals surface area contributed by atoms with E-state index in [1.165, 1.54) is 0 Å². The minimum atomic E-state index is -1.02. The summed E-state index contributed by atoms with van der Waals surface area (Å²) >= 11 is 0. The molecule has 0 N–H and O–H groups in total. The maximum Gasteiger partial charge on any atom is 2.00 e. The third-order valence-electron chi connectivity index (χ3n) is 4.50. The molecule has 160 valence electrons. The molecule has 0 bridgehead atoms. The smallest absolute Gasteiger partial charge is 0.311 e. The molecule has 0 aliphatic carbocycles. The Labute approximate surface area is 194 Å². The van der Waals surface area contributed by atoms with Gasteiger partial charge in [-0.1, -0.05) is 118 Å². The molecule has 0 saturated carbocycles. The maximum atomic E-state index is 2.53. The quantitative estimate of drug-likeness (QED) is 0.240. The average Bonchev–Trinajstić information content (AvgIpc) is 1.97. The third-order valence-corrected chi connectivity index (χ3v) is 40.5. The summed E-state index contributed by atoms with van der Waals surface area (Å²) < 4.78 is 0. The van der Waals surface area contributed by atoms with Crippen LogP contribution in [-0.2, 0) is 19.5 Å². The van der Waals surface area contributed by atoms with Gasteiger partial charge in [0.2, 0.25) is 0 Å². The van der Waals surface area contributed by atoms with E-state index in [0.717, 1.165) is 0 Å². The van der Waals surface area contributed by atoms with Gasteiger partial charge in [-0.25, -0.2) is 0 Å². The van der Waals surface area contributed by atoms with Gasteiger partial charge in [0.05, 0.1) is 0 Å². The first-order chi connectivity index (χ1) is 10.7. The summed E-state index contributed by atoms with van der Waals surface area (Å²) in [6, 6.07) is 0. The van der Waals surface area contributed by atoms with Crippen LogP contribution in [0.4, 0.5) is 0 Å². The van der Waals surface area contributed by atoms with E-state index in [0.29, 0.717) is 0 Å². The van der Waals surface area contributed by atoms with E-state index in [4.69, 9.17) is 0 Å². The number of hydrogen-bond donors (Lipinski definition) is 0. The zero-order chi connectivity index (χ0) is 22.2. The van der Waals surface area contributed by atoms with Crippen LogP contribution in [0.2, 0.25) is 118 Å².